The van der Waals surface area contributed by atoms with Crippen molar-refractivity contribution in [1.82, 2.24) is 10.2 Å². The fourth-order valence-corrected chi connectivity index (χ4v) is 2.53. The summed E-state index contributed by atoms with van der Waals surface area (Å²) in [7, 11) is 0. The van der Waals surface area contributed by atoms with Gasteiger partial charge in [0, 0.05) is 18.7 Å². The molecule has 0 aliphatic heterocycles. The number of hydrogen-bond donors (Lipinski definition) is 5. The van der Waals surface area contributed by atoms with Crippen LogP contribution in [0, 0.1) is 5.82 Å². The topological polar surface area (TPSA) is 144 Å². The summed E-state index contributed by atoms with van der Waals surface area (Å²) < 4.78 is 13.0. The number of carboxylic acids is 3. The number of urea groups is 1. The number of benzene rings is 1. The van der Waals surface area contributed by atoms with Crippen molar-refractivity contribution in [3.63, 3.8) is 0 Å². The second-order valence-electron chi connectivity index (χ2n) is 5.56. The number of amides is 2. The summed E-state index contributed by atoms with van der Waals surface area (Å²) in [6.07, 6.45) is -0.871. The zero-order valence-electron chi connectivity index (χ0n) is 14.0. The predicted octanol–water partition coefficient (Wildman–Crippen LogP) is 1.04. The van der Waals surface area contributed by atoms with Crippen LogP contribution >= 0.6 is 12.6 Å². The molecular weight excluding hydrogens is 383 g/mol. The molecule has 0 saturated carbocycles. The van der Waals surface area contributed by atoms with Gasteiger partial charge in [0.1, 0.15) is 17.9 Å². The van der Waals surface area contributed by atoms with Gasteiger partial charge < -0.3 is 25.5 Å². The van der Waals surface area contributed by atoms with E-state index in [4.69, 9.17) is 10.2 Å². The smallest absolute Gasteiger partial charge is 0.327 e. The number of aliphatic carboxylic acids is 3. The van der Waals surface area contributed by atoms with Gasteiger partial charge in [0.2, 0.25) is 0 Å². The molecule has 0 spiro atoms. The average molecular weight is 402 g/mol. The van der Waals surface area contributed by atoms with Crippen molar-refractivity contribution in [3.8, 4) is 0 Å². The van der Waals surface area contributed by atoms with Crippen LogP contribution in [0.4, 0.5) is 9.18 Å². The van der Waals surface area contributed by atoms with Gasteiger partial charge in [-0.25, -0.2) is 18.8 Å². The van der Waals surface area contributed by atoms with Crippen LogP contribution in [0.2, 0.25) is 0 Å². The van der Waals surface area contributed by atoms with Crippen LogP contribution in [-0.2, 0) is 20.9 Å². The van der Waals surface area contributed by atoms with Crippen LogP contribution in [0.3, 0.4) is 0 Å². The number of nitrogens with one attached hydrogen (secondary N) is 1. The lowest BCUT2D eigenvalue weighted by molar-refractivity contribution is -0.141. The van der Waals surface area contributed by atoms with Crippen LogP contribution < -0.4 is 5.32 Å². The van der Waals surface area contributed by atoms with Gasteiger partial charge in [-0.15, -0.1) is 0 Å². The van der Waals surface area contributed by atoms with Gasteiger partial charge in [-0.05, 0) is 24.1 Å². The summed E-state index contributed by atoms with van der Waals surface area (Å²) in [6.45, 7) is -0.241. The highest BCUT2D eigenvalue weighted by atomic mass is 32.1. The Bertz CT molecular complexity index is 699. The lowest BCUT2D eigenvalue weighted by Gasteiger charge is -2.29. The van der Waals surface area contributed by atoms with Gasteiger partial charge in [-0.2, -0.15) is 12.6 Å². The maximum atomic E-state index is 13.0. The molecule has 4 N–H and O–H groups in total. The van der Waals surface area contributed by atoms with Crippen molar-refractivity contribution >= 4 is 36.6 Å². The number of carbonyl (C=O) groups is 4. The number of rotatable bonds is 10. The first-order chi connectivity index (χ1) is 12.6. The predicted molar refractivity (Wildman–Crippen MR) is 94.0 cm³/mol. The molecule has 2 atom stereocenters. The molecule has 148 valence electrons. The minimum atomic E-state index is -1.52. The van der Waals surface area contributed by atoms with E-state index in [0.717, 1.165) is 17.0 Å². The normalized spacial score (nSPS) is 12.7. The van der Waals surface area contributed by atoms with Crippen LogP contribution in [0.25, 0.3) is 0 Å². The van der Waals surface area contributed by atoms with E-state index in [2.05, 4.69) is 17.9 Å². The third-order valence-corrected chi connectivity index (χ3v) is 3.95. The zero-order chi connectivity index (χ0) is 20.6. The molecule has 1 aromatic rings. The van der Waals surface area contributed by atoms with E-state index < -0.39 is 48.3 Å². The Hall–Kier alpha value is -2.82. The van der Waals surface area contributed by atoms with E-state index in [-0.39, 0.29) is 18.7 Å². The summed E-state index contributed by atoms with van der Waals surface area (Å²) >= 11 is 3.91. The van der Waals surface area contributed by atoms with Crippen molar-refractivity contribution in [3.05, 3.63) is 35.6 Å². The summed E-state index contributed by atoms with van der Waals surface area (Å²) in [5, 5.41) is 29.2. The maximum Gasteiger partial charge on any atom is 0.327 e. The average Bonchev–Trinajstić information content (AvgIpc) is 2.59. The number of hydrogen-bond acceptors (Lipinski definition) is 5. The first-order valence-corrected chi connectivity index (χ1v) is 8.38. The molecule has 0 fully saturated rings. The first-order valence-electron chi connectivity index (χ1n) is 7.75. The Kier molecular flexibility index (Phi) is 8.52. The van der Waals surface area contributed by atoms with Crippen molar-refractivity contribution < 1.29 is 38.9 Å². The van der Waals surface area contributed by atoms with Crippen molar-refractivity contribution in [2.24, 2.45) is 0 Å². The van der Waals surface area contributed by atoms with Gasteiger partial charge in [0.05, 0.1) is 0 Å². The molecule has 0 aromatic heterocycles. The maximum absolute atomic E-state index is 13.0. The van der Waals surface area contributed by atoms with E-state index in [1.54, 1.807) is 0 Å². The third kappa shape index (κ3) is 7.13. The molecule has 2 unspecified atom stereocenters. The Balaban J connectivity index is 3.03. The van der Waals surface area contributed by atoms with E-state index in [1.807, 2.05) is 0 Å². The molecule has 0 aliphatic carbocycles. The summed E-state index contributed by atoms with van der Waals surface area (Å²) in [5.41, 5.74) is 0.414. The molecule has 9 nitrogen and oxygen atoms in total. The molecule has 0 heterocycles. The molecule has 27 heavy (non-hydrogen) atoms. The standard InChI is InChI=1S/C16H19FN2O7S/c17-10-3-1-9(2-4-10)7-19(12(8-27)15(24)25)16(26)18-11(14(22)23)5-6-13(20)21/h1-4,11-12,27H,5-8H2,(H,18,26)(H,20,21)(H,22,23)(H,24,25). The number of thiol groups is 1. The summed E-state index contributed by atoms with van der Waals surface area (Å²) in [5.74, 6) is -4.82. The summed E-state index contributed by atoms with van der Waals surface area (Å²) in [6, 6.07) is 1.06. The molecular formula is C16H19FN2O7S. The Labute approximate surface area is 159 Å². The molecule has 11 heteroatoms. The number of halogens is 1. The van der Waals surface area contributed by atoms with E-state index in [9.17, 15) is 28.7 Å². The fourth-order valence-electron chi connectivity index (χ4n) is 2.18. The number of carboxylic acid groups (broad SMARTS) is 3. The molecule has 0 aliphatic rings. The first kappa shape index (κ1) is 22.2. The van der Waals surface area contributed by atoms with Crippen LogP contribution in [0.1, 0.15) is 18.4 Å². The largest absolute Gasteiger partial charge is 0.481 e. The lowest BCUT2D eigenvalue weighted by Crippen LogP contribution is -2.53. The monoisotopic (exact) mass is 402 g/mol. The van der Waals surface area contributed by atoms with Crippen LogP contribution in [-0.4, -0.2) is 62.0 Å². The lowest BCUT2D eigenvalue weighted by atomic mass is 10.1. The minimum Gasteiger partial charge on any atom is -0.481 e. The molecule has 0 radical (unpaired) electrons. The Morgan fingerprint density at radius 1 is 1.07 bits per heavy atom. The van der Waals surface area contributed by atoms with E-state index in [0.29, 0.717) is 5.56 Å². The second-order valence-corrected chi connectivity index (χ2v) is 5.93. The van der Waals surface area contributed by atoms with Gasteiger partial charge >= 0.3 is 23.9 Å². The highest BCUT2D eigenvalue weighted by molar-refractivity contribution is 7.80. The van der Waals surface area contributed by atoms with Crippen molar-refractivity contribution in [1.29, 1.82) is 0 Å². The highest BCUT2D eigenvalue weighted by Crippen LogP contribution is 2.13. The number of nitrogens with zero attached hydrogens (tertiary/aromatic N) is 1. The second kappa shape index (κ2) is 10.4. The van der Waals surface area contributed by atoms with Gasteiger partial charge in [-0.3, -0.25) is 4.79 Å². The third-order valence-electron chi connectivity index (χ3n) is 3.60. The number of carbonyl (C=O) groups excluding carboxylic acids is 1. The molecule has 0 saturated heterocycles. The molecule has 0 bridgehead atoms. The molecule has 1 rings (SSSR count). The fraction of sp³-hybridized carbons (Fsp3) is 0.375. The minimum absolute atomic E-state index is 0.241. The van der Waals surface area contributed by atoms with Gasteiger partial charge in [0.25, 0.3) is 0 Å². The molecule has 1 aromatic carbocycles. The molecule has 2 amide bonds. The van der Waals surface area contributed by atoms with Gasteiger partial charge in [-0.1, -0.05) is 12.1 Å². The van der Waals surface area contributed by atoms with Crippen LogP contribution in [0.5, 0.6) is 0 Å². The van der Waals surface area contributed by atoms with E-state index >= 15 is 0 Å². The zero-order valence-corrected chi connectivity index (χ0v) is 14.9. The van der Waals surface area contributed by atoms with Crippen molar-refractivity contribution in [2.75, 3.05) is 5.75 Å². The van der Waals surface area contributed by atoms with Crippen LogP contribution in [0.15, 0.2) is 24.3 Å². The Morgan fingerprint density at radius 2 is 1.67 bits per heavy atom. The Morgan fingerprint density at radius 3 is 2.11 bits per heavy atom. The van der Waals surface area contributed by atoms with E-state index in [1.165, 1.54) is 12.1 Å². The quantitative estimate of drug-likeness (QED) is 0.368. The summed E-state index contributed by atoms with van der Waals surface area (Å²) in [4.78, 5) is 46.7. The highest BCUT2D eigenvalue weighted by Gasteiger charge is 2.31. The van der Waals surface area contributed by atoms with Crippen molar-refractivity contribution in [2.45, 2.75) is 31.5 Å². The van der Waals surface area contributed by atoms with Gasteiger partial charge in [0.15, 0.2) is 0 Å². The SMILES string of the molecule is O=C(O)CCC(NC(=O)N(Cc1ccc(F)cc1)C(CS)C(=O)O)C(=O)O.